The monoisotopic (exact) mass is 155 g/mol. The van der Waals surface area contributed by atoms with Gasteiger partial charge in [0.25, 0.3) is 0 Å². The predicted octanol–water partition coefficient (Wildman–Crippen LogP) is 1.36. The molecule has 1 aliphatic rings. The topological polar surface area (TPSA) is 29.1 Å². The summed E-state index contributed by atoms with van der Waals surface area (Å²) in [5, 5.41) is 3.10. The van der Waals surface area contributed by atoms with E-state index in [-0.39, 0.29) is 0 Å². The molecule has 0 saturated heterocycles. The van der Waals surface area contributed by atoms with Crippen molar-refractivity contribution >= 4 is 5.78 Å². The molecule has 2 heteroatoms. The predicted molar refractivity (Wildman–Crippen MR) is 45.5 cm³/mol. The number of hydrogen-bond donors (Lipinski definition) is 1. The Hall–Kier alpha value is -0.370. The van der Waals surface area contributed by atoms with Crippen LogP contribution in [0.2, 0.25) is 0 Å². The first-order valence-electron chi connectivity index (χ1n) is 4.52. The van der Waals surface area contributed by atoms with E-state index >= 15 is 0 Å². The Morgan fingerprint density at radius 1 is 1.64 bits per heavy atom. The Bertz CT molecular complexity index is 134. The van der Waals surface area contributed by atoms with Crippen LogP contribution >= 0.6 is 0 Å². The summed E-state index contributed by atoms with van der Waals surface area (Å²) < 4.78 is 0. The maximum Gasteiger partial charge on any atom is 0.135 e. The second kappa shape index (κ2) is 4.50. The molecule has 1 aliphatic carbocycles. The Morgan fingerprint density at radius 2 is 2.45 bits per heavy atom. The Kier molecular flexibility index (Phi) is 3.57. The lowest BCUT2D eigenvalue weighted by molar-refractivity contribution is -0.120. The zero-order chi connectivity index (χ0) is 8.10. The average molecular weight is 155 g/mol. The van der Waals surface area contributed by atoms with Crippen molar-refractivity contribution < 1.29 is 4.79 Å². The van der Waals surface area contributed by atoms with E-state index in [1.54, 1.807) is 0 Å². The highest BCUT2D eigenvalue weighted by molar-refractivity contribution is 5.82. The third-order valence-electron chi connectivity index (χ3n) is 2.41. The second-order valence-electron chi connectivity index (χ2n) is 3.30. The normalized spacial score (nSPS) is 24.5. The number of nitrogens with one attached hydrogen (secondary N) is 1. The third kappa shape index (κ3) is 2.62. The molecule has 1 N–H and O–H groups in total. The minimum absolute atomic E-state index is 0.406. The van der Waals surface area contributed by atoms with Gasteiger partial charge in [-0.15, -0.1) is 0 Å². The summed E-state index contributed by atoms with van der Waals surface area (Å²) in [5.41, 5.74) is 0. The van der Waals surface area contributed by atoms with Crippen LogP contribution in [0.15, 0.2) is 0 Å². The standard InChI is InChI=1S/C9H17NO/c1-10-7-3-5-8-4-2-6-9(8)11/h8,10H,2-7H2,1H3. The van der Waals surface area contributed by atoms with E-state index in [0.717, 1.165) is 38.6 Å². The molecule has 0 bridgehead atoms. The van der Waals surface area contributed by atoms with Crippen molar-refractivity contribution in [3.8, 4) is 0 Å². The fourth-order valence-electron chi connectivity index (χ4n) is 1.72. The Balaban J connectivity index is 2.10. The largest absolute Gasteiger partial charge is 0.320 e. The van der Waals surface area contributed by atoms with E-state index in [9.17, 15) is 4.79 Å². The van der Waals surface area contributed by atoms with Crippen LogP contribution in [0.5, 0.6) is 0 Å². The van der Waals surface area contributed by atoms with E-state index < -0.39 is 0 Å². The van der Waals surface area contributed by atoms with Gasteiger partial charge in [-0.1, -0.05) is 0 Å². The SMILES string of the molecule is CNCCCC1CCCC1=O. The van der Waals surface area contributed by atoms with Crippen LogP contribution in [0.25, 0.3) is 0 Å². The van der Waals surface area contributed by atoms with Gasteiger partial charge < -0.3 is 5.32 Å². The third-order valence-corrected chi connectivity index (χ3v) is 2.41. The number of Topliss-reactive ketones (excluding diaryl/α,β-unsaturated/α-hetero) is 1. The van der Waals surface area contributed by atoms with E-state index in [1.807, 2.05) is 7.05 Å². The minimum atomic E-state index is 0.406. The Labute approximate surface area is 68.4 Å². The number of carbonyl (C=O) groups excluding carboxylic acids is 1. The quantitative estimate of drug-likeness (QED) is 0.621. The molecule has 0 aromatic rings. The molecule has 1 rings (SSSR count). The zero-order valence-corrected chi connectivity index (χ0v) is 7.23. The molecule has 1 fully saturated rings. The highest BCUT2D eigenvalue weighted by Gasteiger charge is 2.23. The fraction of sp³-hybridized carbons (Fsp3) is 0.889. The van der Waals surface area contributed by atoms with Gasteiger partial charge >= 0.3 is 0 Å². The summed E-state index contributed by atoms with van der Waals surface area (Å²) in [6.07, 6.45) is 5.35. The lowest BCUT2D eigenvalue weighted by Gasteiger charge is -2.05. The molecule has 0 aromatic carbocycles. The summed E-state index contributed by atoms with van der Waals surface area (Å²) in [6, 6.07) is 0. The lowest BCUT2D eigenvalue weighted by atomic mass is 10.0. The summed E-state index contributed by atoms with van der Waals surface area (Å²) in [5.74, 6) is 0.907. The van der Waals surface area contributed by atoms with Gasteiger partial charge in [-0.05, 0) is 39.3 Å². The van der Waals surface area contributed by atoms with Crippen LogP contribution in [0.3, 0.4) is 0 Å². The van der Waals surface area contributed by atoms with Gasteiger partial charge in [-0.3, -0.25) is 4.79 Å². The van der Waals surface area contributed by atoms with Crippen molar-refractivity contribution in [2.45, 2.75) is 32.1 Å². The molecule has 0 heterocycles. The van der Waals surface area contributed by atoms with Gasteiger partial charge in [0, 0.05) is 12.3 Å². The number of hydrogen-bond acceptors (Lipinski definition) is 2. The van der Waals surface area contributed by atoms with Crippen LogP contribution in [-0.4, -0.2) is 19.4 Å². The van der Waals surface area contributed by atoms with Crippen LogP contribution in [0.4, 0.5) is 0 Å². The molecule has 11 heavy (non-hydrogen) atoms. The molecule has 2 nitrogen and oxygen atoms in total. The van der Waals surface area contributed by atoms with E-state index in [0.29, 0.717) is 11.7 Å². The van der Waals surface area contributed by atoms with Crippen molar-refractivity contribution in [2.75, 3.05) is 13.6 Å². The van der Waals surface area contributed by atoms with Crippen LogP contribution < -0.4 is 5.32 Å². The highest BCUT2D eigenvalue weighted by Crippen LogP contribution is 2.24. The molecule has 1 saturated carbocycles. The van der Waals surface area contributed by atoms with Crippen molar-refractivity contribution in [3.63, 3.8) is 0 Å². The van der Waals surface area contributed by atoms with Gasteiger partial charge in [0.05, 0.1) is 0 Å². The minimum Gasteiger partial charge on any atom is -0.320 e. The van der Waals surface area contributed by atoms with Crippen molar-refractivity contribution in [1.82, 2.24) is 5.32 Å². The molecule has 0 radical (unpaired) electrons. The summed E-state index contributed by atoms with van der Waals surface area (Å²) in [7, 11) is 1.95. The van der Waals surface area contributed by atoms with Gasteiger partial charge in [0.15, 0.2) is 0 Å². The number of ketones is 1. The van der Waals surface area contributed by atoms with Gasteiger partial charge in [0.1, 0.15) is 5.78 Å². The van der Waals surface area contributed by atoms with Crippen LogP contribution in [0, 0.1) is 5.92 Å². The molecule has 0 aromatic heterocycles. The molecule has 64 valence electrons. The summed E-state index contributed by atoms with van der Waals surface area (Å²) >= 11 is 0. The van der Waals surface area contributed by atoms with Crippen LogP contribution in [0.1, 0.15) is 32.1 Å². The number of carbonyl (C=O) groups is 1. The molecular weight excluding hydrogens is 138 g/mol. The number of rotatable bonds is 4. The Morgan fingerprint density at radius 3 is 3.00 bits per heavy atom. The first kappa shape index (κ1) is 8.72. The van der Waals surface area contributed by atoms with Crippen molar-refractivity contribution in [1.29, 1.82) is 0 Å². The highest BCUT2D eigenvalue weighted by atomic mass is 16.1. The van der Waals surface area contributed by atoms with Gasteiger partial charge in [0.2, 0.25) is 0 Å². The maximum absolute atomic E-state index is 11.1. The molecular formula is C9H17NO. The first-order valence-corrected chi connectivity index (χ1v) is 4.52. The summed E-state index contributed by atoms with van der Waals surface area (Å²) in [6.45, 7) is 1.05. The molecule has 0 aliphatic heterocycles. The fourth-order valence-corrected chi connectivity index (χ4v) is 1.72. The van der Waals surface area contributed by atoms with Crippen LogP contribution in [-0.2, 0) is 4.79 Å². The zero-order valence-electron chi connectivity index (χ0n) is 7.23. The molecule has 0 amide bonds. The molecule has 0 spiro atoms. The van der Waals surface area contributed by atoms with Gasteiger partial charge in [-0.25, -0.2) is 0 Å². The van der Waals surface area contributed by atoms with Gasteiger partial charge in [-0.2, -0.15) is 0 Å². The van der Waals surface area contributed by atoms with E-state index in [4.69, 9.17) is 0 Å². The molecule has 1 atom stereocenters. The smallest absolute Gasteiger partial charge is 0.135 e. The average Bonchev–Trinajstić information content (AvgIpc) is 2.37. The molecule has 1 unspecified atom stereocenters. The maximum atomic E-state index is 11.1. The van der Waals surface area contributed by atoms with E-state index in [2.05, 4.69) is 5.32 Å². The first-order chi connectivity index (χ1) is 5.34. The summed E-state index contributed by atoms with van der Waals surface area (Å²) in [4.78, 5) is 11.1. The van der Waals surface area contributed by atoms with Crippen molar-refractivity contribution in [2.24, 2.45) is 5.92 Å². The second-order valence-corrected chi connectivity index (χ2v) is 3.30. The lowest BCUT2D eigenvalue weighted by Crippen LogP contribution is -2.12. The van der Waals surface area contributed by atoms with E-state index in [1.165, 1.54) is 0 Å². The van der Waals surface area contributed by atoms with Crippen molar-refractivity contribution in [3.05, 3.63) is 0 Å².